The van der Waals surface area contributed by atoms with Crippen molar-refractivity contribution >= 4 is 58.0 Å². The summed E-state index contributed by atoms with van der Waals surface area (Å²) in [5, 5.41) is 17.7. The molecular formula is C4H2BCl3O2S. The summed E-state index contributed by atoms with van der Waals surface area (Å²) in [7, 11) is -1.61. The molecule has 0 aliphatic carbocycles. The molecule has 0 atom stereocenters. The van der Waals surface area contributed by atoms with E-state index in [1.54, 1.807) is 0 Å². The quantitative estimate of drug-likeness (QED) is 0.717. The van der Waals surface area contributed by atoms with E-state index in [1.165, 1.54) is 0 Å². The van der Waals surface area contributed by atoms with Crippen molar-refractivity contribution in [3.63, 3.8) is 0 Å². The van der Waals surface area contributed by atoms with Crippen LogP contribution < -0.4 is 4.78 Å². The molecule has 0 radical (unpaired) electrons. The van der Waals surface area contributed by atoms with Gasteiger partial charge in [0.05, 0.1) is 14.8 Å². The summed E-state index contributed by atoms with van der Waals surface area (Å²) in [4.78, 5) is 0. The Balaban J connectivity index is 3.19. The summed E-state index contributed by atoms with van der Waals surface area (Å²) < 4.78 is 0.432. The minimum absolute atomic E-state index is 0.108. The van der Waals surface area contributed by atoms with Crippen LogP contribution in [0.1, 0.15) is 0 Å². The lowest BCUT2D eigenvalue weighted by Crippen LogP contribution is -2.27. The van der Waals surface area contributed by atoms with Crippen molar-refractivity contribution in [2.75, 3.05) is 0 Å². The fourth-order valence-corrected chi connectivity index (χ4v) is 2.26. The third-order valence-electron chi connectivity index (χ3n) is 1.02. The van der Waals surface area contributed by atoms with Gasteiger partial charge < -0.3 is 10.0 Å². The minimum atomic E-state index is -1.61. The van der Waals surface area contributed by atoms with Gasteiger partial charge in [-0.2, -0.15) is 0 Å². The van der Waals surface area contributed by atoms with E-state index < -0.39 is 7.12 Å². The van der Waals surface area contributed by atoms with Crippen molar-refractivity contribution in [1.82, 2.24) is 0 Å². The molecule has 11 heavy (non-hydrogen) atoms. The van der Waals surface area contributed by atoms with Gasteiger partial charge in [-0.3, -0.25) is 0 Å². The lowest BCUT2D eigenvalue weighted by atomic mass is 9.90. The fourth-order valence-electron chi connectivity index (χ4n) is 0.547. The number of rotatable bonds is 1. The first kappa shape index (κ1) is 9.64. The molecule has 0 unspecified atom stereocenters. The predicted molar refractivity (Wildman–Crippen MR) is 49.2 cm³/mol. The number of hydrogen-bond acceptors (Lipinski definition) is 3. The summed E-state index contributed by atoms with van der Waals surface area (Å²) in [6, 6.07) is 0. The zero-order valence-electron chi connectivity index (χ0n) is 5.01. The molecule has 1 heterocycles. The maximum absolute atomic E-state index is 8.71. The van der Waals surface area contributed by atoms with Gasteiger partial charge >= 0.3 is 7.12 Å². The molecule has 0 fully saturated rings. The molecule has 2 N–H and O–H groups in total. The molecule has 0 aromatic carbocycles. The van der Waals surface area contributed by atoms with Crippen LogP contribution in [0.4, 0.5) is 0 Å². The van der Waals surface area contributed by atoms with Crippen LogP contribution in [0, 0.1) is 0 Å². The molecule has 0 saturated carbocycles. The Morgan fingerprint density at radius 2 is 1.64 bits per heavy atom. The SMILES string of the molecule is OB(O)c1sc(Cl)c(Cl)c1Cl. The highest BCUT2D eigenvalue weighted by Crippen LogP contribution is 2.33. The molecular weight excluding hydrogens is 229 g/mol. The maximum Gasteiger partial charge on any atom is 0.500 e. The van der Waals surface area contributed by atoms with Gasteiger partial charge in [0.1, 0.15) is 4.34 Å². The smallest absolute Gasteiger partial charge is 0.423 e. The predicted octanol–water partition coefficient (Wildman–Crippen LogP) is 1.39. The third-order valence-corrected chi connectivity index (χ3v) is 3.64. The summed E-state index contributed by atoms with van der Waals surface area (Å²) in [5.74, 6) is 0. The van der Waals surface area contributed by atoms with Crippen LogP contribution in [-0.4, -0.2) is 17.2 Å². The van der Waals surface area contributed by atoms with E-state index >= 15 is 0 Å². The first-order valence-corrected chi connectivity index (χ1v) is 4.48. The van der Waals surface area contributed by atoms with Crippen molar-refractivity contribution in [1.29, 1.82) is 0 Å². The average Bonchev–Trinajstić information content (AvgIpc) is 2.17. The molecule has 0 aliphatic rings. The molecule has 2 nitrogen and oxygen atoms in total. The zero-order chi connectivity index (χ0) is 8.59. The molecule has 0 amide bonds. The van der Waals surface area contributed by atoms with E-state index in [2.05, 4.69) is 0 Å². The average molecular weight is 231 g/mol. The summed E-state index contributed by atoms with van der Waals surface area (Å²) in [6.45, 7) is 0. The van der Waals surface area contributed by atoms with Gasteiger partial charge in [-0.1, -0.05) is 34.8 Å². The Hall–Kier alpha value is 0.555. The third kappa shape index (κ3) is 1.83. The Morgan fingerprint density at radius 1 is 1.09 bits per heavy atom. The molecule has 1 aromatic rings. The number of hydrogen-bond donors (Lipinski definition) is 2. The number of thiophene rings is 1. The highest BCUT2D eigenvalue weighted by molar-refractivity contribution is 7.26. The van der Waals surface area contributed by atoms with Crippen molar-refractivity contribution in [2.45, 2.75) is 0 Å². The van der Waals surface area contributed by atoms with E-state index in [4.69, 9.17) is 44.9 Å². The van der Waals surface area contributed by atoms with Crippen LogP contribution in [0.15, 0.2) is 0 Å². The molecule has 0 spiro atoms. The lowest BCUT2D eigenvalue weighted by Gasteiger charge is -1.92. The number of halogens is 3. The van der Waals surface area contributed by atoms with E-state index in [0.717, 1.165) is 11.3 Å². The normalized spacial score (nSPS) is 10.3. The van der Waals surface area contributed by atoms with Gasteiger partial charge in [0.15, 0.2) is 0 Å². The van der Waals surface area contributed by atoms with Crippen LogP contribution in [0.3, 0.4) is 0 Å². The summed E-state index contributed by atoms with van der Waals surface area (Å²) in [5.41, 5.74) is 0. The Bertz CT molecular complexity index is 275. The van der Waals surface area contributed by atoms with Crippen molar-refractivity contribution in [2.24, 2.45) is 0 Å². The van der Waals surface area contributed by atoms with Crippen LogP contribution in [0.5, 0.6) is 0 Å². The van der Waals surface area contributed by atoms with Gasteiger partial charge in [-0.05, 0) is 0 Å². The topological polar surface area (TPSA) is 40.5 Å². The lowest BCUT2D eigenvalue weighted by molar-refractivity contribution is 0.427. The van der Waals surface area contributed by atoms with E-state index in [0.29, 0.717) is 0 Å². The summed E-state index contributed by atoms with van der Waals surface area (Å²) >= 11 is 17.7. The molecule has 0 aliphatic heterocycles. The Kier molecular flexibility index (Phi) is 3.08. The van der Waals surface area contributed by atoms with Crippen LogP contribution in [0.2, 0.25) is 14.4 Å². The van der Waals surface area contributed by atoms with Gasteiger partial charge in [-0.15, -0.1) is 11.3 Å². The highest BCUT2D eigenvalue weighted by Gasteiger charge is 2.22. The maximum atomic E-state index is 8.71. The largest absolute Gasteiger partial charge is 0.500 e. The summed E-state index contributed by atoms with van der Waals surface area (Å²) in [6.07, 6.45) is 0. The van der Waals surface area contributed by atoms with Crippen molar-refractivity contribution in [3.05, 3.63) is 14.4 Å². The van der Waals surface area contributed by atoms with E-state index in [1.807, 2.05) is 0 Å². The molecule has 0 bridgehead atoms. The van der Waals surface area contributed by atoms with Crippen LogP contribution >= 0.6 is 46.1 Å². The van der Waals surface area contributed by atoms with E-state index in [9.17, 15) is 0 Å². The molecule has 1 aromatic heterocycles. The Morgan fingerprint density at radius 3 is 1.82 bits per heavy atom. The second kappa shape index (κ2) is 3.52. The Labute approximate surface area is 82.5 Å². The fraction of sp³-hybridized carbons (Fsp3) is 0. The van der Waals surface area contributed by atoms with Gasteiger partial charge in [-0.25, -0.2) is 0 Å². The van der Waals surface area contributed by atoms with E-state index in [-0.39, 0.29) is 19.2 Å². The van der Waals surface area contributed by atoms with Gasteiger partial charge in [0, 0.05) is 0 Å². The molecule has 60 valence electrons. The monoisotopic (exact) mass is 230 g/mol. The first-order valence-electron chi connectivity index (χ1n) is 2.53. The van der Waals surface area contributed by atoms with Crippen LogP contribution in [0.25, 0.3) is 0 Å². The molecule has 1 rings (SSSR count). The van der Waals surface area contributed by atoms with Gasteiger partial charge in [0.2, 0.25) is 0 Å². The van der Waals surface area contributed by atoms with Gasteiger partial charge in [0.25, 0.3) is 0 Å². The van der Waals surface area contributed by atoms with Crippen molar-refractivity contribution in [3.8, 4) is 0 Å². The zero-order valence-corrected chi connectivity index (χ0v) is 8.10. The molecule has 0 saturated heterocycles. The molecule has 7 heteroatoms. The van der Waals surface area contributed by atoms with Crippen molar-refractivity contribution < 1.29 is 10.0 Å². The standard InChI is InChI=1S/C4H2BCl3O2S/c6-1-2(7)4(8)11-3(1)5(9)10/h9-10H. The first-order chi connectivity index (χ1) is 5.04. The van der Waals surface area contributed by atoms with Crippen LogP contribution in [-0.2, 0) is 0 Å². The minimum Gasteiger partial charge on any atom is -0.423 e. The highest BCUT2D eigenvalue weighted by atomic mass is 35.5. The second-order valence-corrected chi connectivity index (χ2v) is 4.15. The second-order valence-electron chi connectivity index (χ2n) is 1.74.